The average molecular weight is 508 g/mol. The molecule has 186 valence electrons. The van der Waals surface area contributed by atoms with E-state index in [0.717, 1.165) is 17.0 Å². The maximum Gasteiger partial charge on any atom is 0.325 e. The van der Waals surface area contributed by atoms with Gasteiger partial charge in [0.05, 0.1) is 24.7 Å². The monoisotopic (exact) mass is 507 g/mol. The summed E-state index contributed by atoms with van der Waals surface area (Å²) in [6.45, 7) is 0.195. The molecule has 10 nitrogen and oxygen atoms in total. The molecule has 0 fully saturated rings. The summed E-state index contributed by atoms with van der Waals surface area (Å²) >= 11 is 0. The summed E-state index contributed by atoms with van der Waals surface area (Å²) in [5.41, 5.74) is 8.92. The van der Waals surface area contributed by atoms with Gasteiger partial charge < -0.3 is 20.4 Å². The molecule has 0 radical (unpaired) electrons. The summed E-state index contributed by atoms with van der Waals surface area (Å²) in [4.78, 5) is 35.5. The summed E-state index contributed by atoms with van der Waals surface area (Å²) in [6, 6.07) is 17.6. The SMILES string of the molecule is COC(=O)CN(C(=O)c1ccc2c(c1)nc(CNc1ccc(C(=N)N)cc1)n2C)c1ccccn1.Cl. The number of methoxy groups -OCH3 is 1. The van der Waals surface area contributed by atoms with Crippen LogP contribution in [0.3, 0.4) is 0 Å². The molecule has 36 heavy (non-hydrogen) atoms. The molecule has 2 aromatic carbocycles. The van der Waals surface area contributed by atoms with Crippen molar-refractivity contribution in [3.8, 4) is 0 Å². The van der Waals surface area contributed by atoms with Crippen molar-refractivity contribution in [1.82, 2.24) is 14.5 Å². The number of hydrogen-bond donors (Lipinski definition) is 3. The third-order valence-electron chi connectivity index (χ3n) is 5.55. The van der Waals surface area contributed by atoms with Gasteiger partial charge in [-0.25, -0.2) is 9.97 Å². The van der Waals surface area contributed by atoms with Crippen LogP contribution in [0.2, 0.25) is 0 Å². The van der Waals surface area contributed by atoms with E-state index in [2.05, 4.69) is 10.3 Å². The van der Waals surface area contributed by atoms with Crippen molar-refractivity contribution in [2.24, 2.45) is 12.8 Å². The van der Waals surface area contributed by atoms with E-state index in [1.807, 2.05) is 29.8 Å². The van der Waals surface area contributed by atoms with E-state index >= 15 is 0 Å². The Hall–Kier alpha value is -4.44. The van der Waals surface area contributed by atoms with Gasteiger partial charge >= 0.3 is 5.97 Å². The molecule has 4 rings (SSSR count). The summed E-state index contributed by atoms with van der Waals surface area (Å²) in [6.07, 6.45) is 1.56. The number of nitrogen functional groups attached to an aromatic ring is 1. The number of imidazole rings is 1. The predicted molar refractivity (Wildman–Crippen MR) is 141 cm³/mol. The number of carbonyl (C=O) groups excluding carboxylic acids is 2. The molecule has 0 saturated heterocycles. The lowest BCUT2D eigenvalue weighted by atomic mass is 10.1. The number of hydrogen-bond acceptors (Lipinski definition) is 7. The summed E-state index contributed by atoms with van der Waals surface area (Å²) < 4.78 is 6.71. The molecule has 0 bridgehead atoms. The molecule has 4 aromatic rings. The summed E-state index contributed by atoms with van der Waals surface area (Å²) in [5, 5.41) is 10.8. The van der Waals surface area contributed by atoms with E-state index in [9.17, 15) is 9.59 Å². The highest BCUT2D eigenvalue weighted by Crippen LogP contribution is 2.21. The second-order valence-corrected chi connectivity index (χ2v) is 7.79. The van der Waals surface area contributed by atoms with Gasteiger partial charge in [-0.05, 0) is 54.6 Å². The molecule has 0 atom stereocenters. The first-order valence-corrected chi connectivity index (χ1v) is 10.8. The number of benzene rings is 2. The van der Waals surface area contributed by atoms with Crippen LogP contribution in [-0.4, -0.2) is 45.9 Å². The smallest absolute Gasteiger partial charge is 0.325 e. The Morgan fingerprint density at radius 3 is 2.47 bits per heavy atom. The quantitative estimate of drug-likeness (QED) is 0.189. The average Bonchev–Trinajstić information content (AvgIpc) is 3.20. The summed E-state index contributed by atoms with van der Waals surface area (Å²) in [5.74, 6) is 0.214. The largest absolute Gasteiger partial charge is 0.468 e. The van der Waals surface area contributed by atoms with Gasteiger partial charge in [-0.2, -0.15) is 0 Å². The number of aryl methyl sites for hydroxylation is 1. The van der Waals surface area contributed by atoms with Gasteiger partial charge in [0.25, 0.3) is 5.91 Å². The van der Waals surface area contributed by atoms with Gasteiger partial charge in [0.2, 0.25) is 0 Å². The van der Waals surface area contributed by atoms with Crippen molar-refractivity contribution in [3.63, 3.8) is 0 Å². The molecule has 11 heteroatoms. The Labute approximate surface area is 214 Å². The molecule has 4 N–H and O–H groups in total. The van der Waals surface area contributed by atoms with Gasteiger partial charge in [-0.3, -0.25) is 19.9 Å². The van der Waals surface area contributed by atoms with Gasteiger partial charge in [-0.1, -0.05) is 6.07 Å². The van der Waals surface area contributed by atoms with Crippen LogP contribution in [0.25, 0.3) is 11.0 Å². The molecule has 0 aliphatic carbocycles. The Balaban J connectivity index is 0.00000361. The molecule has 2 aromatic heterocycles. The lowest BCUT2D eigenvalue weighted by Crippen LogP contribution is -2.36. The minimum Gasteiger partial charge on any atom is -0.468 e. The van der Waals surface area contributed by atoms with Crippen molar-refractivity contribution in [2.45, 2.75) is 6.54 Å². The van der Waals surface area contributed by atoms with E-state index < -0.39 is 5.97 Å². The Kier molecular flexibility index (Phi) is 8.23. The van der Waals surface area contributed by atoms with E-state index in [1.165, 1.54) is 12.0 Å². The van der Waals surface area contributed by atoms with Crippen LogP contribution < -0.4 is 16.0 Å². The van der Waals surface area contributed by atoms with Gasteiger partial charge in [0.1, 0.15) is 24.0 Å². The molecular weight excluding hydrogens is 482 g/mol. The highest BCUT2D eigenvalue weighted by Gasteiger charge is 2.23. The Morgan fingerprint density at radius 2 is 1.83 bits per heavy atom. The van der Waals surface area contributed by atoms with Crippen molar-refractivity contribution in [1.29, 1.82) is 5.41 Å². The number of halogens is 1. The van der Waals surface area contributed by atoms with Crippen LogP contribution in [0.15, 0.2) is 66.9 Å². The number of pyridine rings is 1. The second-order valence-electron chi connectivity index (χ2n) is 7.79. The van der Waals surface area contributed by atoms with Crippen molar-refractivity contribution < 1.29 is 14.3 Å². The fourth-order valence-corrected chi connectivity index (χ4v) is 3.61. The number of anilines is 2. The first kappa shape index (κ1) is 26.2. The molecule has 0 aliphatic rings. The number of nitrogens with zero attached hydrogens (tertiary/aromatic N) is 4. The Bertz CT molecular complexity index is 1390. The van der Waals surface area contributed by atoms with E-state index in [4.69, 9.17) is 20.9 Å². The molecule has 0 saturated carbocycles. The van der Waals surface area contributed by atoms with Crippen molar-refractivity contribution >= 4 is 52.7 Å². The number of nitrogens with one attached hydrogen (secondary N) is 2. The number of fused-ring (bicyclic) bond motifs is 1. The zero-order valence-corrected chi connectivity index (χ0v) is 20.6. The number of rotatable bonds is 8. The molecule has 1 amide bonds. The number of amidine groups is 1. The zero-order chi connectivity index (χ0) is 24.9. The minimum atomic E-state index is -0.549. The number of nitrogens with two attached hydrogens (primary N) is 1. The van der Waals surface area contributed by atoms with E-state index in [-0.39, 0.29) is 30.7 Å². The van der Waals surface area contributed by atoms with Gasteiger partial charge in [0.15, 0.2) is 0 Å². The maximum atomic E-state index is 13.3. The molecular formula is C25H26ClN7O3. The lowest BCUT2D eigenvalue weighted by molar-refractivity contribution is -0.138. The normalized spacial score (nSPS) is 10.4. The predicted octanol–water partition coefficient (Wildman–Crippen LogP) is 3.11. The first-order chi connectivity index (χ1) is 16.9. The van der Waals surface area contributed by atoms with Crippen LogP contribution in [-0.2, 0) is 23.1 Å². The highest BCUT2D eigenvalue weighted by molar-refractivity contribution is 6.09. The highest BCUT2D eigenvalue weighted by atomic mass is 35.5. The first-order valence-electron chi connectivity index (χ1n) is 10.8. The molecule has 2 heterocycles. The number of aromatic nitrogens is 3. The fourth-order valence-electron chi connectivity index (χ4n) is 3.61. The number of esters is 1. The van der Waals surface area contributed by atoms with Crippen LogP contribution in [0.4, 0.5) is 11.5 Å². The van der Waals surface area contributed by atoms with Crippen LogP contribution in [0.5, 0.6) is 0 Å². The van der Waals surface area contributed by atoms with Crippen LogP contribution in [0, 0.1) is 5.41 Å². The van der Waals surface area contributed by atoms with Crippen LogP contribution >= 0.6 is 12.4 Å². The van der Waals surface area contributed by atoms with Gasteiger partial charge in [-0.15, -0.1) is 12.4 Å². The second kappa shape index (κ2) is 11.3. The number of carbonyl (C=O) groups is 2. The zero-order valence-electron chi connectivity index (χ0n) is 19.8. The standard InChI is InChI=1S/C25H25N7O3.ClH/c1-31-20-11-8-17(25(34)32(15-23(33)35-2)21-5-3-4-12-28-21)13-19(20)30-22(31)14-29-18-9-6-16(7-10-18)24(26)27;/h3-13,29H,14-15H2,1-2H3,(H3,26,27);1H. The van der Waals surface area contributed by atoms with Crippen LogP contribution in [0.1, 0.15) is 21.7 Å². The molecule has 0 aliphatic heterocycles. The lowest BCUT2D eigenvalue weighted by Gasteiger charge is -2.20. The molecule has 0 spiro atoms. The third-order valence-corrected chi connectivity index (χ3v) is 5.55. The third kappa shape index (κ3) is 5.61. The molecule has 0 unspecified atom stereocenters. The van der Waals surface area contributed by atoms with Crippen molar-refractivity contribution in [3.05, 3.63) is 83.8 Å². The van der Waals surface area contributed by atoms with Crippen molar-refractivity contribution in [2.75, 3.05) is 23.9 Å². The Morgan fingerprint density at radius 1 is 1.11 bits per heavy atom. The van der Waals surface area contributed by atoms with E-state index in [0.29, 0.717) is 29.0 Å². The van der Waals surface area contributed by atoms with E-state index in [1.54, 1.807) is 48.7 Å². The fraction of sp³-hybridized carbons (Fsp3) is 0.160. The summed E-state index contributed by atoms with van der Waals surface area (Å²) in [7, 11) is 3.18. The minimum absolute atomic E-state index is 0. The number of amides is 1. The maximum absolute atomic E-state index is 13.3. The topological polar surface area (TPSA) is 139 Å². The number of ether oxygens (including phenoxy) is 1. The van der Waals surface area contributed by atoms with Gasteiger partial charge in [0, 0.05) is 30.1 Å².